The number of aromatic nitrogens is 3. The Labute approximate surface area is 230 Å². The van der Waals surface area contributed by atoms with Gasteiger partial charge in [-0.3, -0.25) is 4.79 Å². The lowest BCUT2D eigenvalue weighted by molar-refractivity contribution is 0.0674. The summed E-state index contributed by atoms with van der Waals surface area (Å²) in [5.41, 5.74) is 11.4. The van der Waals surface area contributed by atoms with Crippen molar-refractivity contribution in [3.05, 3.63) is 88.9 Å². The zero-order valence-electron chi connectivity index (χ0n) is 21.3. The van der Waals surface area contributed by atoms with Gasteiger partial charge in [0.15, 0.2) is 16.3 Å². The van der Waals surface area contributed by atoms with Crippen LogP contribution in [0.4, 0.5) is 5.82 Å². The number of carbonyl (C=O) groups excluding carboxylic acids is 1. The van der Waals surface area contributed by atoms with Gasteiger partial charge in [0.2, 0.25) is 0 Å². The molecule has 3 N–H and O–H groups in total. The second kappa shape index (κ2) is 11.3. The summed E-state index contributed by atoms with van der Waals surface area (Å²) in [5, 5.41) is 3.46. The Morgan fingerprint density at radius 3 is 2.37 bits per heavy atom. The average Bonchev–Trinajstić information content (AvgIpc) is 2.92. The molecular formula is C29H29BrN6O2. The van der Waals surface area contributed by atoms with Gasteiger partial charge in [0.05, 0.1) is 5.69 Å². The third-order valence-electron chi connectivity index (χ3n) is 6.46. The highest BCUT2D eigenvalue weighted by molar-refractivity contribution is 9.10. The highest BCUT2D eigenvalue weighted by atomic mass is 79.9. The van der Waals surface area contributed by atoms with Crippen molar-refractivity contribution in [3.8, 4) is 28.1 Å². The summed E-state index contributed by atoms with van der Waals surface area (Å²) in [6.07, 6.45) is 3.43. The summed E-state index contributed by atoms with van der Waals surface area (Å²) in [4.78, 5) is 27.7. The molecule has 2 atom stereocenters. The molecule has 38 heavy (non-hydrogen) atoms. The minimum absolute atomic E-state index is 0.0505. The van der Waals surface area contributed by atoms with Gasteiger partial charge in [-0.15, -0.1) is 0 Å². The minimum Gasteiger partial charge on any atom is -0.485 e. The number of nitrogens with zero attached hydrogens (tertiary/aromatic N) is 4. The fourth-order valence-corrected chi connectivity index (χ4v) is 4.95. The predicted octanol–water partition coefficient (Wildman–Crippen LogP) is 4.95. The van der Waals surface area contributed by atoms with Crippen LogP contribution in [0.5, 0.6) is 5.75 Å². The van der Waals surface area contributed by atoms with Crippen molar-refractivity contribution in [1.29, 1.82) is 0 Å². The summed E-state index contributed by atoms with van der Waals surface area (Å²) in [6.45, 7) is 5.95. The number of nitrogens with two attached hydrogens (primary N) is 1. The first-order valence-corrected chi connectivity index (χ1v) is 13.3. The van der Waals surface area contributed by atoms with Crippen LogP contribution in [0.25, 0.3) is 22.4 Å². The number of pyridine rings is 1. The normalized spacial score (nSPS) is 17.3. The monoisotopic (exact) mass is 572 g/mol. The van der Waals surface area contributed by atoms with Crippen molar-refractivity contribution >= 4 is 27.7 Å². The Bertz CT molecular complexity index is 1420. The van der Waals surface area contributed by atoms with Crippen LogP contribution in [0.2, 0.25) is 0 Å². The number of hydrogen-bond donors (Lipinski definition) is 2. The van der Waals surface area contributed by atoms with Gasteiger partial charge in [0.25, 0.3) is 5.91 Å². The van der Waals surface area contributed by atoms with Crippen LogP contribution in [-0.4, -0.2) is 50.9 Å². The van der Waals surface area contributed by atoms with Gasteiger partial charge >= 0.3 is 0 Å². The van der Waals surface area contributed by atoms with Crippen molar-refractivity contribution in [2.75, 3.05) is 18.8 Å². The van der Waals surface area contributed by atoms with E-state index in [0.29, 0.717) is 41.6 Å². The van der Waals surface area contributed by atoms with E-state index in [1.54, 1.807) is 12.4 Å². The zero-order chi connectivity index (χ0) is 26.6. The number of ether oxygens (including phenoxy) is 1. The van der Waals surface area contributed by atoms with Gasteiger partial charge in [0, 0.05) is 54.3 Å². The number of benzene rings is 2. The standard InChI is InChI=1S/C29H29BrN6O2/c1-18-15-36(16-19(2)34-18)28(37)23-9-7-21(8-10-23)24-13-26(27(31)33-14-24)38-17-20-3-5-22(6-4-20)25-11-12-32-29(30)35-25/h3-14,18-19,34H,15-17H2,1-2H3,(H2,31,33). The van der Waals surface area contributed by atoms with E-state index >= 15 is 0 Å². The Hall–Kier alpha value is -3.82. The molecule has 3 heterocycles. The lowest BCUT2D eigenvalue weighted by Crippen LogP contribution is -2.55. The van der Waals surface area contributed by atoms with Crippen LogP contribution < -0.4 is 15.8 Å². The van der Waals surface area contributed by atoms with Gasteiger partial charge in [-0.1, -0.05) is 36.4 Å². The summed E-state index contributed by atoms with van der Waals surface area (Å²) in [6, 6.07) is 19.9. The quantitative estimate of drug-likeness (QED) is 0.315. The van der Waals surface area contributed by atoms with E-state index in [1.165, 1.54) is 0 Å². The molecule has 194 valence electrons. The topological polar surface area (TPSA) is 106 Å². The molecule has 0 bridgehead atoms. The number of anilines is 1. The third-order valence-corrected chi connectivity index (χ3v) is 6.84. The Balaban J connectivity index is 1.25. The van der Waals surface area contributed by atoms with Crippen LogP contribution in [0.3, 0.4) is 0 Å². The fourth-order valence-electron chi connectivity index (χ4n) is 4.64. The van der Waals surface area contributed by atoms with Gasteiger partial charge in [-0.25, -0.2) is 15.0 Å². The molecule has 9 heteroatoms. The molecule has 1 amide bonds. The average molecular weight is 573 g/mol. The van der Waals surface area contributed by atoms with Crippen LogP contribution in [0.1, 0.15) is 29.8 Å². The number of rotatable bonds is 6. The second-order valence-electron chi connectivity index (χ2n) is 9.56. The maximum atomic E-state index is 13.0. The maximum Gasteiger partial charge on any atom is 0.253 e. The molecular weight excluding hydrogens is 544 g/mol. The smallest absolute Gasteiger partial charge is 0.253 e. The molecule has 2 aromatic heterocycles. The number of hydrogen-bond acceptors (Lipinski definition) is 7. The first-order valence-electron chi connectivity index (χ1n) is 12.5. The van der Waals surface area contributed by atoms with Gasteiger partial charge in [-0.2, -0.15) is 0 Å². The van der Waals surface area contributed by atoms with E-state index < -0.39 is 0 Å². The van der Waals surface area contributed by atoms with E-state index in [4.69, 9.17) is 10.5 Å². The van der Waals surface area contributed by atoms with Crippen molar-refractivity contribution < 1.29 is 9.53 Å². The highest BCUT2D eigenvalue weighted by Crippen LogP contribution is 2.28. The van der Waals surface area contributed by atoms with Crippen LogP contribution in [-0.2, 0) is 6.61 Å². The lowest BCUT2D eigenvalue weighted by atomic mass is 10.0. The molecule has 0 saturated carbocycles. The summed E-state index contributed by atoms with van der Waals surface area (Å²) < 4.78 is 6.57. The number of nitrogen functional groups attached to an aromatic ring is 1. The molecule has 1 aliphatic heterocycles. The first kappa shape index (κ1) is 25.8. The molecule has 0 aliphatic carbocycles. The molecule has 1 fully saturated rings. The minimum atomic E-state index is 0.0505. The maximum absolute atomic E-state index is 13.0. The zero-order valence-corrected chi connectivity index (χ0v) is 22.9. The summed E-state index contributed by atoms with van der Waals surface area (Å²) >= 11 is 3.31. The Kier molecular flexibility index (Phi) is 7.67. The van der Waals surface area contributed by atoms with Gasteiger partial charge < -0.3 is 20.7 Å². The molecule has 8 nitrogen and oxygen atoms in total. The molecule has 5 rings (SSSR count). The fraction of sp³-hybridized carbons (Fsp3) is 0.241. The summed E-state index contributed by atoms with van der Waals surface area (Å²) in [7, 11) is 0. The van der Waals surface area contributed by atoms with Crippen LogP contribution in [0.15, 0.2) is 77.8 Å². The summed E-state index contributed by atoms with van der Waals surface area (Å²) in [5.74, 6) is 0.884. The number of carbonyl (C=O) groups is 1. The van der Waals surface area contributed by atoms with Gasteiger partial charge in [0.1, 0.15) is 6.61 Å². The predicted molar refractivity (Wildman–Crippen MR) is 152 cm³/mol. The largest absolute Gasteiger partial charge is 0.485 e. The van der Waals surface area contributed by atoms with E-state index in [1.807, 2.05) is 65.6 Å². The van der Waals surface area contributed by atoms with Crippen molar-refractivity contribution in [2.45, 2.75) is 32.5 Å². The molecule has 1 aliphatic rings. The van der Waals surface area contributed by atoms with E-state index in [-0.39, 0.29) is 18.0 Å². The molecule has 4 aromatic rings. The molecule has 0 radical (unpaired) electrons. The van der Waals surface area contributed by atoms with Gasteiger partial charge in [-0.05, 0) is 65.2 Å². The van der Waals surface area contributed by atoms with Crippen LogP contribution >= 0.6 is 15.9 Å². The van der Waals surface area contributed by atoms with E-state index in [9.17, 15) is 4.79 Å². The number of piperazine rings is 1. The Morgan fingerprint density at radius 1 is 1.00 bits per heavy atom. The van der Waals surface area contributed by atoms with Crippen molar-refractivity contribution in [1.82, 2.24) is 25.2 Å². The van der Waals surface area contributed by atoms with Crippen molar-refractivity contribution in [2.24, 2.45) is 0 Å². The number of nitrogens with one attached hydrogen (secondary N) is 1. The number of halogens is 1. The van der Waals surface area contributed by atoms with Crippen molar-refractivity contribution in [3.63, 3.8) is 0 Å². The lowest BCUT2D eigenvalue weighted by Gasteiger charge is -2.36. The molecule has 1 saturated heterocycles. The molecule has 0 spiro atoms. The first-order chi connectivity index (χ1) is 18.4. The third kappa shape index (κ3) is 6.00. The number of amides is 1. The van der Waals surface area contributed by atoms with E-state index in [0.717, 1.165) is 27.9 Å². The SMILES string of the molecule is CC1CN(C(=O)c2ccc(-c3cnc(N)c(OCc4ccc(-c5ccnc(Br)n5)cc4)c3)cc2)CC(C)N1. The Morgan fingerprint density at radius 2 is 1.68 bits per heavy atom. The second-order valence-corrected chi connectivity index (χ2v) is 10.3. The van der Waals surface area contributed by atoms with Crippen LogP contribution in [0, 0.1) is 0 Å². The molecule has 2 unspecified atom stereocenters. The molecule has 2 aromatic carbocycles. The van der Waals surface area contributed by atoms with E-state index in [2.05, 4.69) is 50.0 Å². The highest BCUT2D eigenvalue weighted by Gasteiger charge is 2.25.